The minimum Gasteiger partial charge on any atom is -0.468 e. The van der Waals surface area contributed by atoms with Gasteiger partial charge in [-0.1, -0.05) is 55.1 Å². The maximum atomic E-state index is 13.6. The number of fused-ring (bicyclic) bond motifs is 5. The number of hydrogen-bond donors (Lipinski definition) is 2. The molecule has 0 spiro atoms. The highest BCUT2D eigenvalue weighted by Gasteiger charge is 2.41. The first kappa shape index (κ1) is 19.5. The van der Waals surface area contributed by atoms with Gasteiger partial charge in [0.2, 0.25) is 17.6 Å². The zero-order valence-electron chi connectivity index (χ0n) is 17.4. The van der Waals surface area contributed by atoms with Gasteiger partial charge in [0.05, 0.1) is 11.3 Å². The highest BCUT2D eigenvalue weighted by atomic mass is 35.5. The minimum absolute atomic E-state index is 0.132. The summed E-state index contributed by atoms with van der Waals surface area (Å²) in [7, 11) is 0. The fourth-order valence-corrected chi connectivity index (χ4v) is 5.29. The molecule has 0 bridgehead atoms. The standard InChI is InChI=1S/C26H21ClN2O3/c27-14-10-11-18-20(12-14)32-21-13-19(28-15-6-2-1-3-7-15)22-23(24(21)29-18)26(31)17-9-5-4-8-16(17)25(22)30/h4-5,8-13,15,20,28H,1-3,6-7H2/p+1. The van der Waals surface area contributed by atoms with Crippen LogP contribution in [-0.2, 0) is 0 Å². The van der Waals surface area contributed by atoms with E-state index < -0.39 is 0 Å². The van der Waals surface area contributed by atoms with E-state index in [4.69, 9.17) is 16.3 Å². The molecule has 1 unspecified atom stereocenters. The van der Waals surface area contributed by atoms with E-state index in [0.717, 1.165) is 31.4 Å². The fourth-order valence-electron chi connectivity index (χ4n) is 5.11. The number of ether oxygens (including phenoxy) is 1. The number of halogens is 1. The first-order valence-corrected chi connectivity index (χ1v) is 11.5. The number of nitrogens with one attached hydrogen (secondary N) is 2. The van der Waals surface area contributed by atoms with Crippen LogP contribution in [0.4, 0.5) is 11.4 Å². The monoisotopic (exact) mass is 445 g/mol. The van der Waals surface area contributed by atoms with Crippen LogP contribution in [0.5, 0.6) is 5.75 Å². The number of ketones is 2. The molecule has 160 valence electrons. The largest absolute Gasteiger partial charge is 0.468 e. The van der Waals surface area contributed by atoms with E-state index in [2.05, 4.69) is 10.3 Å². The normalized spacial score (nSPS) is 21.5. The van der Waals surface area contributed by atoms with E-state index in [9.17, 15) is 9.59 Å². The summed E-state index contributed by atoms with van der Waals surface area (Å²) in [6.07, 6.45) is 10.7. The summed E-state index contributed by atoms with van der Waals surface area (Å²) in [6.45, 7) is 0. The number of rotatable bonds is 2. The third kappa shape index (κ3) is 3.03. The van der Waals surface area contributed by atoms with Crippen LogP contribution in [0.3, 0.4) is 0 Å². The molecule has 1 atom stereocenters. The molecule has 1 aliphatic heterocycles. The molecule has 6 heteroatoms. The van der Waals surface area contributed by atoms with Gasteiger partial charge >= 0.3 is 0 Å². The lowest BCUT2D eigenvalue weighted by Gasteiger charge is -2.29. The van der Waals surface area contributed by atoms with Crippen molar-refractivity contribution < 1.29 is 19.3 Å². The lowest BCUT2D eigenvalue weighted by atomic mass is 9.81. The predicted molar refractivity (Wildman–Crippen MR) is 123 cm³/mol. The van der Waals surface area contributed by atoms with E-state index in [1.807, 2.05) is 18.2 Å². The van der Waals surface area contributed by atoms with Gasteiger partial charge in [-0.25, -0.2) is 4.99 Å². The number of anilines is 1. The summed E-state index contributed by atoms with van der Waals surface area (Å²) < 4.78 is 6.26. The fraction of sp³-hybridized carbons (Fsp3) is 0.269. The highest BCUT2D eigenvalue weighted by Crippen LogP contribution is 2.42. The van der Waals surface area contributed by atoms with Gasteiger partial charge in [-0.05, 0) is 25.0 Å². The van der Waals surface area contributed by atoms with Crippen molar-refractivity contribution in [3.63, 3.8) is 0 Å². The Morgan fingerprint density at radius 3 is 2.44 bits per heavy atom. The molecule has 0 saturated heterocycles. The Labute approximate surface area is 190 Å². The van der Waals surface area contributed by atoms with E-state index in [-0.39, 0.29) is 23.7 Å². The van der Waals surface area contributed by atoms with Gasteiger partial charge in [-0.2, -0.15) is 0 Å². The van der Waals surface area contributed by atoms with Crippen molar-refractivity contribution in [2.75, 3.05) is 5.32 Å². The molecule has 3 aliphatic carbocycles. The van der Waals surface area contributed by atoms with Crippen molar-refractivity contribution in [3.8, 4) is 5.75 Å². The van der Waals surface area contributed by atoms with Crippen molar-refractivity contribution in [3.05, 3.63) is 75.8 Å². The summed E-state index contributed by atoms with van der Waals surface area (Å²) in [5, 5.41) is 4.18. The first-order chi connectivity index (χ1) is 15.6. The second-order valence-electron chi connectivity index (χ2n) is 8.73. The van der Waals surface area contributed by atoms with Crippen LogP contribution in [0.25, 0.3) is 0 Å². The summed E-state index contributed by atoms with van der Waals surface area (Å²) in [5.41, 5.74) is 3.70. The molecule has 0 aromatic heterocycles. The third-order valence-corrected chi connectivity index (χ3v) is 6.94. The lowest BCUT2D eigenvalue weighted by Crippen LogP contribution is -2.72. The molecule has 0 amide bonds. The molecule has 5 nitrogen and oxygen atoms in total. The Hall–Kier alpha value is -3.18. The molecule has 1 heterocycles. The molecular weight excluding hydrogens is 424 g/mol. The molecule has 2 N–H and O–H groups in total. The smallest absolute Gasteiger partial charge is 0.258 e. The average molecular weight is 446 g/mol. The predicted octanol–water partition coefficient (Wildman–Crippen LogP) is 3.81. The van der Waals surface area contributed by atoms with Crippen LogP contribution < -0.4 is 15.0 Å². The van der Waals surface area contributed by atoms with Gasteiger partial charge in [-0.3, -0.25) is 9.59 Å². The SMILES string of the molecule is O=C1c2ccccc2C(=O)c2c3c(cc(NC4CCCCC4)c21)OC1C=C(Cl)C=CC1=[NH+]3. The zero-order chi connectivity index (χ0) is 21.8. The van der Waals surface area contributed by atoms with Gasteiger partial charge in [0.15, 0.2) is 11.5 Å². The minimum atomic E-state index is -0.359. The van der Waals surface area contributed by atoms with E-state index in [1.165, 1.54) is 6.42 Å². The summed E-state index contributed by atoms with van der Waals surface area (Å²) in [5.74, 6) is 0.252. The van der Waals surface area contributed by atoms with Crippen LogP contribution in [0, 0.1) is 0 Å². The van der Waals surface area contributed by atoms with Crippen LogP contribution in [0.1, 0.15) is 63.9 Å². The zero-order valence-corrected chi connectivity index (χ0v) is 18.2. The van der Waals surface area contributed by atoms with Crippen LogP contribution >= 0.6 is 11.6 Å². The Morgan fingerprint density at radius 2 is 1.69 bits per heavy atom. The van der Waals surface area contributed by atoms with Gasteiger partial charge in [0, 0.05) is 34.3 Å². The molecule has 2 aromatic carbocycles. The van der Waals surface area contributed by atoms with Gasteiger partial charge in [0.25, 0.3) is 5.69 Å². The summed E-state index contributed by atoms with van der Waals surface area (Å²) in [6, 6.07) is 9.17. The molecule has 32 heavy (non-hydrogen) atoms. The Morgan fingerprint density at radius 1 is 0.969 bits per heavy atom. The molecule has 1 saturated carbocycles. The number of benzene rings is 2. The second-order valence-corrected chi connectivity index (χ2v) is 9.17. The van der Waals surface area contributed by atoms with Crippen molar-refractivity contribution in [1.29, 1.82) is 0 Å². The summed E-state index contributed by atoms with van der Waals surface area (Å²) >= 11 is 6.18. The molecule has 0 radical (unpaired) electrons. The molecule has 4 aliphatic rings. The van der Waals surface area contributed by atoms with E-state index >= 15 is 0 Å². The van der Waals surface area contributed by atoms with E-state index in [1.54, 1.807) is 30.3 Å². The van der Waals surface area contributed by atoms with Gasteiger partial charge < -0.3 is 10.1 Å². The van der Waals surface area contributed by atoms with Crippen LogP contribution in [-0.4, -0.2) is 29.4 Å². The third-order valence-electron chi connectivity index (χ3n) is 6.69. The Kier molecular flexibility index (Phi) is 4.54. The highest BCUT2D eigenvalue weighted by molar-refractivity contribution is 6.33. The topological polar surface area (TPSA) is 69.4 Å². The van der Waals surface area contributed by atoms with Gasteiger partial charge in [0.1, 0.15) is 5.56 Å². The maximum absolute atomic E-state index is 13.6. The molecular formula is C26H22ClN2O3+. The molecule has 1 fully saturated rings. The second kappa shape index (κ2) is 7.45. The Balaban J connectivity index is 1.56. The average Bonchev–Trinajstić information content (AvgIpc) is 2.81. The molecule has 2 aromatic rings. The number of carbonyl (C=O) groups is 2. The van der Waals surface area contributed by atoms with Crippen molar-refractivity contribution in [2.24, 2.45) is 0 Å². The molecule has 6 rings (SSSR count). The lowest BCUT2D eigenvalue weighted by molar-refractivity contribution is -0.362. The number of allylic oxidation sites excluding steroid dienone is 2. The van der Waals surface area contributed by atoms with Crippen LogP contribution in [0.15, 0.2) is 53.6 Å². The van der Waals surface area contributed by atoms with Crippen molar-refractivity contribution in [2.45, 2.75) is 44.2 Å². The number of hydrogen-bond acceptors (Lipinski definition) is 4. The Bertz CT molecular complexity index is 1270. The maximum Gasteiger partial charge on any atom is 0.258 e. The van der Waals surface area contributed by atoms with Crippen molar-refractivity contribution >= 4 is 40.3 Å². The number of carbonyl (C=O) groups excluding carboxylic acids is 2. The van der Waals surface area contributed by atoms with E-state index in [0.29, 0.717) is 44.4 Å². The van der Waals surface area contributed by atoms with Crippen molar-refractivity contribution in [1.82, 2.24) is 0 Å². The van der Waals surface area contributed by atoms with Gasteiger partial charge in [-0.15, -0.1) is 0 Å². The van der Waals surface area contributed by atoms with Crippen LogP contribution in [0.2, 0.25) is 0 Å². The summed E-state index contributed by atoms with van der Waals surface area (Å²) in [4.78, 5) is 30.6. The first-order valence-electron chi connectivity index (χ1n) is 11.1. The quantitative estimate of drug-likeness (QED) is 0.629.